The number of rotatable bonds is 2. The van der Waals surface area contributed by atoms with Gasteiger partial charge in [0, 0.05) is 25.8 Å². The van der Waals surface area contributed by atoms with Gasteiger partial charge in [-0.25, -0.2) is 0 Å². The second kappa shape index (κ2) is 18.6. The molecule has 0 aliphatic carbocycles. The molecule has 0 heterocycles. The Balaban J connectivity index is 0.000000328. The van der Waals surface area contributed by atoms with Gasteiger partial charge in [-0.15, -0.1) is 93.9 Å². The van der Waals surface area contributed by atoms with E-state index in [-0.39, 0.29) is 58.1 Å². The third-order valence-corrected chi connectivity index (χ3v) is 7.07. The third kappa shape index (κ3) is 10.0. The van der Waals surface area contributed by atoms with E-state index in [0.717, 1.165) is 5.19 Å². The van der Waals surface area contributed by atoms with E-state index >= 15 is 0 Å². The van der Waals surface area contributed by atoms with Crippen molar-refractivity contribution in [3.8, 4) is 22.3 Å². The zero-order chi connectivity index (χ0) is 27.0. The Hall–Kier alpha value is -3.01. The van der Waals surface area contributed by atoms with Gasteiger partial charge in [0.2, 0.25) is 0 Å². The van der Waals surface area contributed by atoms with Crippen LogP contribution in [0.1, 0.15) is 11.1 Å². The molecule has 7 rings (SSSR count). The molecule has 0 bridgehead atoms. The Morgan fingerprint density at radius 1 is 0.465 bits per heavy atom. The first kappa shape index (κ1) is 38.0. The molecule has 7 aromatic carbocycles. The van der Waals surface area contributed by atoms with Crippen molar-refractivity contribution in [3.05, 3.63) is 170 Å². The first-order valence-corrected chi connectivity index (χ1v) is 13.8. The van der Waals surface area contributed by atoms with Gasteiger partial charge < -0.3 is 7.43 Å². The quantitative estimate of drug-likeness (QED) is 0.121. The van der Waals surface area contributed by atoms with Crippen molar-refractivity contribution < 1.29 is 25.8 Å². The molecule has 43 heavy (non-hydrogen) atoms. The van der Waals surface area contributed by atoms with Crippen LogP contribution in [0.2, 0.25) is 0 Å². The second-order valence-electron chi connectivity index (χ2n) is 9.78. The molecule has 0 aromatic heterocycles. The summed E-state index contributed by atoms with van der Waals surface area (Å²) in [5, 5.41) is 6.50. The first-order chi connectivity index (χ1) is 19.1. The van der Waals surface area contributed by atoms with Crippen LogP contribution in [0.3, 0.4) is 0 Å². The molecular formula is C39H36Cl2HfSi-3. The smallest absolute Gasteiger partial charge is 0.0711 e. The monoisotopic (exact) mass is 782 g/mol. The summed E-state index contributed by atoms with van der Waals surface area (Å²) >= 11 is 0. The van der Waals surface area contributed by atoms with Crippen molar-refractivity contribution in [2.45, 2.75) is 13.8 Å². The van der Waals surface area contributed by atoms with E-state index in [1.54, 1.807) is 0 Å². The van der Waals surface area contributed by atoms with Crippen LogP contribution in [-0.2, 0) is 25.8 Å². The fraction of sp³-hybridized carbons (Fsp3) is 0.0513. The minimum Gasteiger partial charge on any atom is -0.358 e. The van der Waals surface area contributed by atoms with E-state index in [1.165, 1.54) is 54.9 Å². The Bertz CT molecular complexity index is 1660. The number of aryl methyl sites for hydroxylation is 2. The van der Waals surface area contributed by atoms with Crippen LogP contribution in [0.15, 0.2) is 152 Å². The van der Waals surface area contributed by atoms with E-state index in [4.69, 9.17) is 0 Å². The molecule has 0 amide bonds. The largest absolute Gasteiger partial charge is 0.358 e. The van der Waals surface area contributed by atoms with Gasteiger partial charge in [0.1, 0.15) is 0 Å². The van der Waals surface area contributed by atoms with E-state index in [2.05, 4.69) is 145 Å². The van der Waals surface area contributed by atoms with Crippen molar-refractivity contribution in [1.29, 1.82) is 0 Å². The fourth-order valence-electron chi connectivity index (χ4n) is 4.95. The van der Waals surface area contributed by atoms with Crippen LogP contribution < -0.4 is 5.19 Å². The maximum Gasteiger partial charge on any atom is 0.0711 e. The first-order valence-electron chi connectivity index (χ1n) is 13.3. The zero-order valence-corrected chi connectivity index (χ0v) is 31.0. The van der Waals surface area contributed by atoms with Crippen molar-refractivity contribution in [2.75, 3.05) is 0 Å². The maximum absolute atomic E-state index is 3.36. The molecule has 7 aromatic rings. The molecule has 4 heteroatoms. The minimum absolute atomic E-state index is 0. The molecule has 0 aliphatic rings. The van der Waals surface area contributed by atoms with Crippen molar-refractivity contribution >= 4 is 61.8 Å². The molecule has 0 atom stereocenters. The van der Waals surface area contributed by atoms with Gasteiger partial charge in [-0.1, -0.05) is 133 Å². The standard InChI is InChI=1S/2C16H13.C6H5Si.CH3.2ClH.Hf/c2*1-12-10-14-8-5-9-15(16(14)11-12)13-6-3-2-4-7-13;7-6-4-2-1-3-5-6;;;;/h2*2-11H,1H3;1-5H;1H3;2*1H;/q2*-1;;-1;;;. The normalized spacial score (nSPS) is 9.47. The number of hydrogen-bond acceptors (Lipinski definition) is 0. The van der Waals surface area contributed by atoms with Crippen LogP contribution in [-0.4, -0.2) is 10.2 Å². The summed E-state index contributed by atoms with van der Waals surface area (Å²) in [6.45, 7) is 4.30. The summed E-state index contributed by atoms with van der Waals surface area (Å²) in [7, 11) is 3.36. The molecule has 3 radical (unpaired) electrons. The number of benzene rings is 5. The summed E-state index contributed by atoms with van der Waals surface area (Å²) in [5.74, 6) is 0. The summed E-state index contributed by atoms with van der Waals surface area (Å²) in [6, 6.07) is 53.1. The average Bonchev–Trinajstić information content (AvgIpc) is 3.55. The molecule has 0 aliphatic heterocycles. The van der Waals surface area contributed by atoms with E-state index < -0.39 is 0 Å². The van der Waals surface area contributed by atoms with Crippen molar-refractivity contribution in [1.82, 2.24) is 0 Å². The van der Waals surface area contributed by atoms with Gasteiger partial charge in [0.25, 0.3) is 0 Å². The SMILES string of the molecule is Cc1cc2c(-c3ccccc3)cccc2[cH-]1.Cc1cc2c(-c3ccccc3)cccc2[cH-]1.Cl.Cl.[CH3-].[Hf].[Si]c1ccccc1. The molecule has 0 unspecified atom stereocenters. The van der Waals surface area contributed by atoms with Gasteiger partial charge >= 0.3 is 0 Å². The summed E-state index contributed by atoms with van der Waals surface area (Å²) < 4.78 is 0. The predicted octanol–water partition coefficient (Wildman–Crippen LogP) is 10.8. The fourth-order valence-corrected chi connectivity index (χ4v) is 5.14. The van der Waals surface area contributed by atoms with Gasteiger partial charge in [0.15, 0.2) is 0 Å². The molecule has 0 saturated carbocycles. The summed E-state index contributed by atoms with van der Waals surface area (Å²) in [4.78, 5) is 0. The Labute approximate surface area is 291 Å². The Morgan fingerprint density at radius 2 is 0.814 bits per heavy atom. The third-order valence-electron chi connectivity index (χ3n) is 6.73. The van der Waals surface area contributed by atoms with Gasteiger partial charge in [-0.2, -0.15) is 12.1 Å². The molecule has 0 fully saturated rings. The molecule has 0 nitrogen and oxygen atoms in total. The number of fused-ring (bicyclic) bond motifs is 2. The van der Waals surface area contributed by atoms with Gasteiger partial charge in [-0.3, -0.25) is 0 Å². The summed E-state index contributed by atoms with van der Waals surface area (Å²) in [6.07, 6.45) is 0. The van der Waals surface area contributed by atoms with Gasteiger partial charge in [-0.05, 0) is 11.1 Å². The predicted molar refractivity (Wildman–Crippen MR) is 192 cm³/mol. The zero-order valence-electron chi connectivity index (χ0n) is 24.8. The molecule has 0 saturated heterocycles. The van der Waals surface area contributed by atoms with Crippen LogP contribution in [0, 0.1) is 21.3 Å². The topological polar surface area (TPSA) is 0 Å². The average molecular weight is 782 g/mol. The molecular weight excluding hydrogens is 746 g/mol. The number of halogens is 2. The Kier molecular flexibility index (Phi) is 16.4. The van der Waals surface area contributed by atoms with E-state index in [0.29, 0.717) is 0 Å². The van der Waals surface area contributed by atoms with Crippen LogP contribution in [0.4, 0.5) is 0 Å². The van der Waals surface area contributed by atoms with Crippen LogP contribution in [0.25, 0.3) is 43.8 Å². The second-order valence-corrected chi connectivity index (χ2v) is 10.4. The summed E-state index contributed by atoms with van der Waals surface area (Å²) in [5.41, 5.74) is 7.89. The van der Waals surface area contributed by atoms with Gasteiger partial charge in [0.05, 0.1) is 10.2 Å². The van der Waals surface area contributed by atoms with E-state index in [1.807, 2.05) is 30.3 Å². The number of hydrogen-bond donors (Lipinski definition) is 0. The van der Waals surface area contributed by atoms with Crippen molar-refractivity contribution in [2.24, 2.45) is 0 Å². The minimum atomic E-state index is 0. The van der Waals surface area contributed by atoms with Crippen LogP contribution >= 0.6 is 24.8 Å². The van der Waals surface area contributed by atoms with E-state index in [9.17, 15) is 0 Å². The Morgan fingerprint density at radius 3 is 1.14 bits per heavy atom. The van der Waals surface area contributed by atoms with Crippen LogP contribution in [0.5, 0.6) is 0 Å². The maximum atomic E-state index is 3.36. The molecule has 0 N–H and O–H groups in total. The molecule has 217 valence electrons. The van der Waals surface area contributed by atoms with Crippen molar-refractivity contribution in [3.63, 3.8) is 0 Å². The molecule has 0 spiro atoms.